The first-order valence-corrected chi connectivity index (χ1v) is 12.2. The van der Waals surface area contributed by atoms with Gasteiger partial charge >= 0.3 is 0 Å². The van der Waals surface area contributed by atoms with Crippen molar-refractivity contribution in [2.45, 2.75) is 23.9 Å². The maximum atomic E-state index is 13.2. The lowest BCUT2D eigenvalue weighted by atomic mass is 10.2. The van der Waals surface area contributed by atoms with Gasteiger partial charge in [-0.25, -0.2) is 9.37 Å². The van der Waals surface area contributed by atoms with Crippen LogP contribution in [0.3, 0.4) is 0 Å². The first-order chi connectivity index (χ1) is 16.2. The van der Waals surface area contributed by atoms with Gasteiger partial charge in [0.1, 0.15) is 10.8 Å². The number of hydrogen-bond acceptors (Lipinski definition) is 7. The highest BCUT2D eigenvalue weighted by atomic mass is 32.2. The van der Waals surface area contributed by atoms with Crippen molar-refractivity contribution in [1.82, 2.24) is 24.1 Å². The molecule has 168 valence electrons. The van der Waals surface area contributed by atoms with E-state index in [1.807, 2.05) is 34.0 Å². The molecule has 0 aliphatic rings. The summed E-state index contributed by atoms with van der Waals surface area (Å²) in [6, 6.07) is 13.8. The summed E-state index contributed by atoms with van der Waals surface area (Å²) in [7, 11) is 1.64. The zero-order chi connectivity index (χ0) is 22.8. The van der Waals surface area contributed by atoms with E-state index in [0.29, 0.717) is 41.6 Å². The number of hydrogen-bond donors (Lipinski definition) is 0. The van der Waals surface area contributed by atoms with E-state index < -0.39 is 0 Å². The van der Waals surface area contributed by atoms with Gasteiger partial charge in [-0.3, -0.25) is 13.8 Å². The zero-order valence-electron chi connectivity index (χ0n) is 17.8. The minimum absolute atomic E-state index is 0.0819. The van der Waals surface area contributed by atoms with E-state index in [1.165, 1.54) is 35.2 Å². The third-order valence-corrected chi connectivity index (χ3v) is 7.10. The van der Waals surface area contributed by atoms with Crippen molar-refractivity contribution in [3.8, 4) is 10.6 Å². The summed E-state index contributed by atoms with van der Waals surface area (Å²) >= 11 is 3.03. The number of aromatic nitrogens is 5. The molecule has 0 aliphatic carbocycles. The van der Waals surface area contributed by atoms with Crippen LogP contribution in [0.5, 0.6) is 0 Å². The van der Waals surface area contributed by atoms with Gasteiger partial charge in [-0.1, -0.05) is 23.9 Å². The third-order valence-electron chi connectivity index (χ3n) is 5.20. The Morgan fingerprint density at radius 1 is 1.12 bits per heavy atom. The van der Waals surface area contributed by atoms with E-state index in [0.717, 1.165) is 21.8 Å². The van der Waals surface area contributed by atoms with Crippen LogP contribution in [-0.4, -0.2) is 37.9 Å². The molecule has 0 aliphatic heterocycles. The summed E-state index contributed by atoms with van der Waals surface area (Å²) in [5.74, 6) is 0.843. The summed E-state index contributed by atoms with van der Waals surface area (Å²) in [4.78, 5) is 17.8. The predicted octanol–water partition coefficient (Wildman–Crippen LogP) is 4.64. The maximum Gasteiger partial charge on any atom is 0.262 e. The van der Waals surface area contributed by atoms with E-state index >= 15 is 0 Å². The topological polar surface area (TPSA) is 74.3 Å². The molecule has 0 unspecified atom stereocenters. The fraction of sp³-hybridized carbons (Fsp3) is 0.217. The molecule has 0 N–H and O–H groups in total. The van der Waals surface area contributed by atoms with Gasteiger partial charge in [0, 0.05) is 37.0 Å². The maximum absolute atomic E-state index is 13.2. The third kappa shape index (κ3) is 4.29. The smallest absolute Gasteiger partial charge is 0.262 e. The molecule has 10 heteroatoms. The van der Waals surface area contributed by atoms with Crippen LogP contribution in [0.1, 0.15) is 12.1 Å². The number of rotatable bonds is 8. The summed E-state index contributed by atoms with van der Waals surface area (Å²) in [5.41, 5.74) is 2.48. The van der Waals surface area contributed by atoms with Crippen LogP contribution in [0, 0.1) is 5.82 Å². The Bertz CT molecular complexity index is 1480. The van der Waals surface area contributed by atoms with Gasteiger partial charge in [-0.15, -0.1) is 21.5 Å². The number of nitrogens with zero attached hydrogens (tertiary/aromatic N) is 5. The lowest BCUT2D eigenvalue weighted by Gasteiger charge is -2.11. The number of fused-ring (bicyclic) bond motifs is 3. The Hall–Kier alpha value is -3.08. The average Bonchev–Trinajstić information content (AvgIpc) is 3.48. The molecule has 0 saturated heterocycles. The quantitative estimate of drug-likeness (QED) is 0.238. The number of para-hydroxylation sites is 1. The average molecular weight is 482 g/mol. The summed E-state index contributed by atoms with van der Waals surface area (Å²) < 4.78 is 21.9. The number of benzene rings is 2. The normalized spacial score (nSPS) is 11.6. The molecule has 2 aromatic carbocycles. The number of thiazole rings is 1. The molecule has 0 amide bonds. The largest absolute Gasteiger partial charge is 0.385 e. The molecule has 5 aromatic rings. The molecule has 7 nitrogen and oxygen atoms in total. The van der Waals surface area contributed by atoms with E-state index in [4.69, 9.17) is 4.74 Å². The number of thioether (sulfide) groups is 1. The Morgan fingerprint density at radius 3 is 2.76 bits per heavy atom. The highest BCUT2D eigenvalue weighted by Gasteiger charge is 2.17. The van der Waals surface area contributed by atoms with Crippen molar-refractivity contribution >= 4 is 39.8 Å². The van der Waals surface area contributed by atoms with Gasteiger partial charge in [0.05, 0.1) is 16.6 Å². The lowest BCUT2D eigenvalue weighted by Crippen LogP contribution is -2.24. The highest BCUT2D eigenvalue weighted by molar-refractivity contribution is 7.98. The number of aryl methyl sites for hydroxylation is 1. The van der Waals surface area contributed by atoms with E-state index in [2.05, 4.69) is 15.2 Å². The molecule has 33 heavy (non-hydrogen) atoms. The first-order valence-electron chi connectivity index (χ1n) is 10.3. The Kier molecular flexibility index (Phi) is 6.21. The van der Waals surface area contributed by atoms with E-state index in [1.54, 1.807) is 23.8 Å². The number of ether oxygens (including phenoxy) is 1. The fourth-order valence-corrected chi connectivity index (χ4v) is 5.40. The van der Waals surface area contributed by atoms with Crippen LogP contribution in [0.4, 0.5) is 4.39 Å². The van der Waals surface area contributed by atoms with Gasteiger partial charge in [0.15, 0.2) is 5.16 Å². The second-order valence-electron chi connectivity index (χ2n) is 7.38. The van der Waals surface area contributed by atoms with Gasteiger partial charge in [-0.05, 0) is 42.8 Å². The monoisotopic (exact) mass is 481 g/mol. The molecule has 5 rings (SSSR count). The molecule has 0 radical (unpaired) electrons. The van der Waals surface area contributed by atoms with Crippen LogP contribution in [-0.2, 0) is 17.0 Å². The second-order valence-corrected chi connectivity index (χ2v) is 9.18. The minimum atomic E-state index is -0.266. The Balaban J connectivity index is 1.47. The molecule has 0 saturated carbocycles. The van der Waals surface area contributed by atoms with Gasteiger partial charge in [0.2, 0.25) is 5.78 Å². The highest BCUT2D eigenvalue weighted by Crippen LogP contribution is 2.28. The van der Waals surface area contributed by atoms with Crippen molar-refractivity contribution in [1.29, 1.82) is 0 Å². The van der Waals surface area contributed by atoms with Crippen molar-refractivity contribution in [2.75, 3.05) is 13.7 Å². The summed E-state index contributed by atoms with van der Waals surface area (Å²) in [5, 5.41) is 12.9. The predicted molar refractivity (Wildman–Crippen MR) is 128 cm³/mol. The SMILES string of the molecule is COCCCn1c(=O)c2ccccc2n2c(SCc3csc(-c4ccc(F)cc4)n3)nnc12. The van der Waals surface area contributed by atoms with Crippen LogP contribution in [0.15, 0.2) is 63.9 Å². The Morgan fingerprint density at radius 2 is 1.94 bits per heavy atom. The van der Waals surface area contributed by atoms with Crippen molar-refractivity contribution in [2.24, 2.45) is 0 Å². The van der Waals surface area contributed by atoms with Crippen molar-refractivity contribution in [3.63, 3.8) is 0 Å². The molecule has 0 fully saturated rings. The molecule has 3 aromatic heterocycles. The van der Waals surface area contributed by atoms with Gasteiger partial charge in [-0.2, -0.15) is 0 Å². The summed E-state index contributed by atoms with van der Waals surface area (Å²) in [6.07, 6.45) is 0.699. The van der Waals surface area contributed by atoms with Gasteiger partial charge < -0.3 is 4.74 Å². The number of halogens is 1. The minimum Gasteiger partial charge on any atom is -0.385 e. The van der Waals surface area contributed by atoms with Crippen LogP contribution >= 0.6 is 23.1 Å². The fourth-order valence-electron chi connectivity index (χ4n) is 3.63. The van der Waals surface area contributed by atoms with Crippen molar-refractivity contribution < 1.29 is 9.13 Å². The van der Waals surface area contributed by atoms with Crippen LogP contribution < -0.4 is 5.56 Å². The standard InChI is InChI=1S/C23H20FN5O2S2/c1-31-12-4-11-28-21(30)18-5-2-3-6-19(18)29-22(28)26-27-23(29)33-14-17-13-32-20(25-17)15-7-9-16(24)10-8-15/h2-3,5-10,13H,4,11-12,14H2,1H3. The van der Waals surface area contributed by atoms with Gasteiger partial charge in [0.25, 0.3) is 5.56 Å². The first kappa shape index (κ1) is 21.7. The van der Waals surface area contributed by atoms with E-state index in [-0.39, 0.29) is 11.4 Å². The van der Waals surface area contributed by atoms with Crippen LogP contribution in [0.2, 0.25) is 0 Å². The number of methoxy groups -OCH3 is 1. The molecular formula is C23H20FN5O2S2. The molecule has 0 bridgehead atoms. The molecule has 0 spiro atoms. The van der Waals surface area contributed by atoms with Crippen LogP contribution in [0.25, 0.3) is 27.3 Å². The zero-order valence-corrected chi connectivity index (χ0v) is 19.4. The molecule has 3 heterocycles. The lowest BCUT2D eigenvalue weighted by molar-refractivity contribution is 0.190. The summed E-state index contributed by atoms with van der Waals surface area (Å²) in [6.45, 7) is 1.05. The molecular weight excluding hydrogens is 461 g/mol. The second kappa shape index (κ2) is 9.42. The molecule has 0 atom stereocenters. The Labute approximate surface area is 196 Å². The van der Waals surface area contributed by atoms with Crippen molar-refractivity contribution in [3.05, 3.63) is 75.8 Å². The van der Waals surface area contributed by atoms with E-state index in [9.17, 15) is 9.18 Å².